The van der Waals surface area contributed by atoms with Gasteiger partial charge in [-0.3, -0.25) is 4.98 Å². The number of aromatic nitrogens is 2. The highest BCUT2D eigenvalue weighted by atomic mass is 15.1. The normalized spacial score (nSPS) is 23.7. The second kappa shape index (κ2) is 7.31. The van der Waals surface area contributed by atoms with Crippen molar-refractivity contribution in [3.05, 3.63) is 12.4 Å². The van der Waals surface area contributed by atoms with E-state index in [9.17, 15) is 0 Å². The van der Waals surface area contributed by atoms with Crippen LogP contribution in [0.2, 0.25) is 0 Å². The van der Waals surface area contributed by atoms with Gasteiger partial charge in [-0.2, -0.15) is 0 Å². The summed E-state index contributed by atoms with van der Waals surface area (Å²) in [5, 5.41) is 6.86. The minimum Gasteiger partial charge on any atom is -0.369 e. The molecule has 19 heavy (non-hydrogen) atoms. The van der Waals surface area contributed by atoms with E-state index in [0.29, 0.717) is 6.04 Å². The standard InChI is InChI=1S/C15H26N4/c1-3-9-17-14-10-16-11-15(19-14)18-13-8-6-4-5-7-12(13)2/h10-13H,3-9H2,1-2H3,(H2,17,18,19). The molecule has 1 aromatic heterocycles. The Labute approximate surface area is 116 Å². The molecule has 0 radical (unpaired) electrons. The third-order valence-electron chi connectivity index (χ3n) is 3.89. The molecule has 1 heterocycles. The van der Waals surface area contributed by atoms with Crippen molar-refractivity contribution in [3.8, 4) is 0 Å². The zero-order chi connectivity index (χ0) is 13.5. The van der Waals surface area contributed by atoms with E-state index in [1.165, 1.54) is 32.1 Å². The van der Waals surface area contributed by atoms with Crippen molar-refractivity contribution in [3.63, 3.8) is 0 Å². The van der Waals surface area contributed by atoms with Crippen LogP contribution in [-0.4, -0.2) is 22.6 Å². The van der Waals surface area contributed by atoms with E-state index in [-0.39, 0.29) is 0 Å². The molecule has 4 nitrogen and oxygen atoms in total. The highest BCUT2D eigenvalue weighted by molar-refractivity contribution is 5.42. The zero-order valence-electron chi connectivity index (χ0n) is 12.2. The lowest BCUT2D eigenvalue weighted by Gasteiger charge is -2.23. The number of rotatable bonds is 5. The molecule has 4 heteroatoms. The van der Waals surface area contributed by atoms with Crippen LogP contribution in [0.4, 0.5) is 11.6 Å². The first-order chi connectivity index (χ1) is 9.29. The summed E-state index contributed by atoms with van der Waals surface area (Å²) in [5.74, 6) is 2.49. The molecule has 0 bridgehead atoms. The SMILES string of the molecule is CCCNc1cncc(NC2CCCCCC2C)n1. The summed E-state index contributed by atoms with van der Waals surface area (Å²) in [7, 11) is 0. The van der Waals surface area contributed by atoms with Gasteiger partial charge in [0.05, 0.1) is 12.4 Å². The number of hydrogen-bond donors (Lipinski definition) is 2. The molecular weight excluding hydrogens is 236 g/mol. The largest absolute Gasteiger partial charge is 0.369 e. The van der Waals surface area contributed by atoms with Crippen LogP contribution in [0.3, 0.4) is 0 Å². The number of hydrogen-bond acceptors (Lipinski definition) is 4. The van der Waals surface area contributed by atoms with Gasteiger partial charge in [-0.15, -0.1) is 0 Å². The fourth-order valence-corrected chi connectivity index (χ4v) is 2.67. The van der Waals surface area contributed by atoms with E-state index in [0.717, 1.165) is 30.5 Å². The van der Waals surface area contributed by atoms with Crippen LogP contribution in [-0.2, 0) is 0 Å². The summed E-state index contributed by atoms with van der Waals surface area (Å²) in [5.41, 5.74) is 0. The number of anilines is 2. The van der Waals surface area contributed by atoms with E-state index in [2.05, 4.69) is 34.4 Å². The van der Waals surface area contributed by atoms with Gasteiger partial charge in [-0.1, -0.05) is 33.1 Å². The van der Waals surface area contributed by atoms with Crippen molar-refractivity contribution in [2.75, 3.05) is 17.2 Å². The van der Waals surface area contributed by atoms with Gasteiger partial charge in [0.1, 0.15) is 11.6 Å². The maximum Gasteiger partial charge on any atom is 0.147 e. The predicted octanol–water partition coefficient (Wildman–Crippen LogP) is 3.68. The monoisotopic (exact) mass is 262 g/mol. The van der Waals surface area contributed by atoms with Crippen LogP contribution in [0, 0.1) is 5.92 Å². The quantitative estimate of drug-likeness (QED) is 0.795. The van der Waals surface area contributed by atoms with Crippen molar-refractivity contribution in [2.24, 2.45) is 5.92 Å². The third-order valence-corrected chi connectivity index (χ3v) is 3.89. The molecular formula is C15H26N4. The molecule has 2 N–H and O–H groups in total. The van der Waals surface area contributed by atoms with Gasteiger partial charge in [0, 0.05) is 12.6 Å². The van der Waals surface area contributed by atoms with Crippen LogP contribution in [0.1, 0.15) is 52.4 Å². The molecule has 1 aliphatic carbocycles. The minimum absolute atomic E-state index is 0.540. The number of nitrogens with one attached hydrogen (secondary N) is 2. The van der Waals surface area contributed by atoms with Crippen LogP contribution in [0.25, 0.3) is 0 Å². The van der Waals surface area contributed by atoms with Crippen LogP contribution >= 0.6 is 0 Å². The summed E-state index contributed by atoms with van der Waals surface area (Å²) >= 11 is 0. The predicted molar refractivity (Wildman–Crippen MR) is 80.5 cm³/mol. The van der Waals surface area contributed by atoms with Gasteiger partial charge in [0.15, 0.2) is 0 Å². The number of nitrogens with zero attached hydrogens (tertiary/aromatic N) is 2. The van der Waals surface area contributed by atoms with E-state index in [1.54, 1.807) is 6.20 Å². The summed E-state index contributed by atoms with van der Waals surface area (Å²) in [6, 6.07) is 0.540. The Kier molecular flexibility index (Phi) is 5.43. The molecule has 0 saturated heterocycles. The molecule has 1 aliphatic rings. The average molecular weight is 262 g/mol. The Bertz CT molecular complexity index is 380. The minimum atomic E-state index is 0.540. The molecule has 2 rings (SSSR count). The van der Waals surface area contributed by atoms with Crippen molar-refractivity contribution in [1.82, 2.24) is 9.97 Å². The Hall–Kier alpha value is -1.32. The fraction of sp³-hybridized carbons (Fsp3) is 0.733. The topological polar surface area (TPSA) is 49.8 Å². The Morgan fingerprint density at radius 2 is 1.95 bits per heavy atom. The second-order valence-electron chi connectivity index (χ2n) is 5.58. The first-order valence-corrected chi connectivity index (χ1v) is 7.62. The lowest BCUT2D eigenvalue weighted by molar-refractivity contribution is 0.455. The van der Waals surface area contributed by atoms with Crippen molar-refractivity contribution in [2.45, 2.75) is 58.4 Å². The molecule has 1 fully saturated rings. The highest BCUT2D eigenvalue weighted by Crippen LogP contribution is 2.25. The Morgan fingerprint density at radius 1 is 1.16 bits per heavy atom. The molecule has 2 unspecified atom stereocenters. The maximum atomic E-state index is 4.58. The van der Waals surface area contributed by atoms with E-state index >= 15 is 0 Å². The highest BCUT2D eigenvalue weighted by Gasteiger charge is 2.20. The van der Waals surface area contributed by atoms with E-state index < -0.39 is 0 Å². The lowest BCUT2D eigenvalue weighted by Crippen LogP contribution is -2.26. The van der Waals surface area contributed by atoms with Gasteiger partial charge >= 0.3 is 0 Å². The lowest BCUT2D eigenvalue weighted by atomic mass is 9.97. The van der Waals surface area contributed by atoms with Gasteiger partial charge < -0.3 is 10.6 Å². The van der Waals surface area contributed by atoms with Crippen LogP contribution in [0.15, 0.2) is 12.4 Å². The van der Waals surface area contributed by atoms with E-state index in [4.69, 9.17) is 0 Å². The molecule has 0 spiro atoms. The van der Waals surface area contributed by atoms with Crippen molar-refractivity contribution >= 4 is 11.6 Å². The smallest absolute Gasteiger partial charge is 0.147 e. The van der Waals surface area contributed by atoms with Crippen LogP contribution < -0.4 is 10.6 Å². The summed E-state index contributed by atoms with van der Waals surface area (Å²) in [6.07, 6.45) is 11.3. The molecule has 106 valence electrons. The molecule has 0 amide bonds. The Morgan fingerprint density at radius 3 is 2.79 bits per heavy atom. The molecule has 1 saturated carbocycles. The molecule has 1 aromatic rings. The Balaban J connectivity index is 1.97. The average Bonchev–Trinajstić information content (AvgIpc) is 2.62. The van der Waals surface area contributed by atoms with E-state index in [1.807, 2.05) is 6.20 Å². The van der Waals surface area contributed by atoms with Gasteiger partial charge in [-0.25, -0.2) is 4.98 Å². The van der Waals surface area contributed by atoms with Gasteiger partial charge in [-0.05, 0) is 25.2 Å². The van der Waals surface area contributed by atoms with Gasteiger partial charge in [0.25, 0.3) is 0 Å². The van der Waals surface area contributed by atoms with Gasteiger partial charge in [0.2, 0.25) is 0 Å². The first-order valence-electron chi connectivity index (χ1n) is 7.62. The summed E-state index contributed by atoms with van der Waals surface area (Å²) in [6.45, 7) is 5.43. The van der Waals surface area contributed by atoms with Crippen molar-refractivity contribution in [1.29, 1.82) is 0 Å². The summed E-state index contributed by atoms with van der Waals surface area (Å²) in [4.78, 5) is 8.85. The van der Waals surface area contributed by atoms with Crippen molar-refractivity contribution < 1.29 is 0 Å². The van der Waals surface area contributed by atoms with Crippen LogP contribution in [0.5, 0.6) is 0 Å². The molecule has 0 aromatic carbocycles. The second-order valence-corrected chi connectivity index (χ2v) is 5.58. The summed E-state index contributed by atoms with van der Waals surface area (Å²) < 4.78 is 0. The molecule has 2 atom stereocenters. The third kappa shape index (κ3) is 4.37. The fourth-order valence-electron chi connectivity index (χ4n) is 2.67. The molecule has 0 aliphatic heterocycles. The zero-order valence-corrected chi connectivity index (χ0v) is 12.2. The first kappa shape index (κ1) is 14.1. The maximum absolute atomic E-state index is 4.58.